The second-order valence-corrected chi connectivity index (χ2v) is 2.05. The minimum Gasteiger partial charge on any atom is -0.480 e. The highest BCUT2D eigenvalue weighted by atomic mass is 35.5. The Balaban J connectivity index is 0.000000810. The fraction of sp³-hybridized carbons (Fsp3) is 0.800. The molecule has 10 heavy (non-hydrogen) atoms. The number of piperazine rings is 1. The number of nitrogens with one attached hydrogen (secondary N) is 2. The lowest BCUT2D eigenvalue weighted by molar-refractivity contribution is -0.139. The van der Waals surface area contributed by atoms with E-state index in [9.17, 15) is 4.79 Å². The van der Waals surface area contributed by atoms with Gasteiger partial charge in [-0.3, -0.25) is 4.79 Å². The van der Waals surface area contributed by atoms with E-state index in [4.69, 9.17) is 5.11 Å². The van der Waals surface area contributed by atoms with Crippen molar-refractivity contribution >= 4 is 18.4 Å². The van der Waals surface area contributed by atoms with Crippen LogP contribution in [0.15, 0.2) is 0 Å². The number of hydrogen-bond acceptors (Lipinski definition) is 3. The summed E-state index contributed by atoms with van der Waals surface area (Å²) in [5.74, 6) is -0.776. The van der Waals surface area contributed by atoms with Crippen molar-refractivity contribution in [1.29, 1.82) is 0 Å². The highest BCUT2D eigenvalue weighted by molar-refractivity contribution is 5.85. The molecule has 5 heteroatoms. The first-order valence-electron chi connectivity index (χ1n) is 2.97. The van der Waals surface area contributed by atoms with Crippen LogP contribution in [0.4, 0.5) is 0 Å². The van der Waals surface area contributed by atoms with Crippen molar-refractivity contribution in [3.63, 3.8) is 0 Å². The van der Waals surface area contributed by atoms with Gasteiger partial charge in [0, 0.05) is 19.6 Å². The summed E-state index contributed by atoms with van der Waals surface area (Å²) in [7, 11) is 0. The molecule has 0 aromatic heterocycles. The zero-order valence-corrected chi connectivity index (χ0v) is 6.28. The molecule has 1 aliphatic rings. The molecule has 1 fully saturated rings. The Morgan fingerprint density at radius 1 is 1.50 bits per heavy atom. The van der Waals surface area contributed by atoms with E-state index in [2.05, 4.69) is 10.6 Å². The van der Waals surface area contributed by atoms with Gasteiger partial charge in [0.2, 0.25) is 0 Å². The molecule has 60 valence electrons. The molecule has 0 spiro atoms. The Bertz CT molecular complexity index is 114. The number of carboxylic acid groups (broad SMARTS) is 1. The molecular formula is C5H11ClN2O2. The van der Waals surface area contributed by atoms with Crippen molar-refractivity contribution < 1.29 is 9.90 Å². The van der Waals surface area contributed by atoms with Gasteiger partial charge in [0.15, 0.2) is 0 Å². The predicted octanol–water partition coefficient (Wildman–Crippen LogP) is -0.946. The van der Waals surface area contributed by atoms with E-state index >= 15 is 0 Å². The van der Waals surface area contributed by atoms with E-state index in [0.29, 0.717) is 6.54 Å². The van der Waals surface area contributed by atoms with E-state index in [1.54, 1.807) is 0 Å². The van der Waals surface area contributed by atoms with E-state index in [-0.39, 0.29) is 12.4 Å². The SMILES string of the molecule is Cl.O=C(O)C1CNCCN1. The van der Waals surface area contributed by atoms with Gasteiger partial charge in [-0.15, -0.1) is 12.4 Å². The molecule has 1 rings (SSSR count). The lowest BCUT2D eigenvalue weighted by Gasteiger charge is -2.20. The number of hydrogen-bond donors (Lipinski definition) is 3. The molecule has 1 heterocycles. The van der Waals surface area contributed by atoms with Crippen LogP contribution in [-0.4, -0.2) is 36.8 Å². The second kappa shape index (κ2) is 4.49. The van der Waals surface area contributed by atoms with Gasteiger partial charge in [0.25, 0.3) is 0 Å². The smallest absolute Gasteiger partial charge is 0.322 e. The van der Waals surface area contributed by atoms with Crippen LogP contribution in [0.25, 0.3) is 0 Å². The standard InChI is InChI=1S/C5H10N2O2.ClH/c8-5(9)4-3-6-1-2-7-4;/h4,6-7H,1-3H2,(H,8,9);1H. The fourth-order valence-electron chi connectivity index (χ4n) is 0.828. The minimum absolute atomic E-state index is 0. The molecule has 1 unspecified atom stereocenters. The van der Waals surface area contributed by atoms with Gasteiger partial charge in [-0.05, 0) is 0 Å². The molecule has 0 saturated carbocycles. The van der Waals surface area contributed by atoms with Crippen molar-refractivity contribution in [2.75, 3.05) is 19.6 Å². The first kappa shape index (κ1) is 9.68. The van der Waals surface area contributed by atoms with Gasteiger partial charge in [-0.25, -0.2) is 0 Å². The van der Waals surface area contributed by atoms with Crippen LogP contribution in [0.2, 0.25) is 0 Å². The minimum atomic E-state index is -0.776. The molecular weight excluding hydrogens is 156 g/mol. The average Bonchev–Trinajstić information content (AvgIpc) is 1.90. The number of carboxylic acids is 1. The molecule has 0 bridgehead atoms. The molecule has 4 nitrogen and oxygen atoms in total. The molecule has 0 aromatic rings. The van der Waals surface area contributed by atoms with E-state index in [1.165, 1.54) is 0 Å². The zero-order chi connectivity index (χ0) is 6.69. The van der Waals surface area contributed by atoms with Crippen LogP contribution in [0.1, 0.15) is 0 Å². The summed E-state index contributed by atoms with van der Waals surface area (Å²) < 4.78 is 0. The molecule has 1 aliphatic heterocycles. The van der Waals surface area contributed by atoms with Gasteiger partial charge in [0.05, 0.1) is 0 Å². The summed E-state index contributed by atoms with van der Waals surface area (Å²) in [6.07, 6.45) is 0. The summed E-state index contributed by atoms with van der Waals surface area (Å²) in [6.45, 7) is 2.15. The van der Waals surface area contributed by atoms with Crippen molar-refractivity contribution in [2.45, 2.75) is 6.04 Å². The van der Waals surface area contributed by atoms with Gasteiger partial charge >= 0.3 is 5.97 Å². The maximum absolute atomic E-state index is 10.3. The van der Waals surface area contributed by atoms with Crippen molar-refractivity contribution in [3.8, 4) is 0 Å². The molecule has 0 radical (unpaired) electrons. The third-order valence-corrected chi connectivity index (χ3v) is 1.34. The summed E-state index contributed by atoms with van der Waals surface area (Å²) in [4.78, 5) is 10.3. The Kier molecular flexibility index (Phi) is 4.34. The van der Waals surface area contributed by atoms with Crippen LogP contribution >= 0.6 is 12.4 Å². The number of carbonyl (C=O) groups is 1. The monoisotopic (exact) mass is 166 g/mol. The predicted molar refractivity (Wildman–Crippen MR) is 39.5 cm³/mol. The van der Waals surface area contributed by atoms with Crippen LogP contribution in [-0.2, 0) is 4.79 Å². The third kappa shape index (κ3) is 2.51. The Morgan fingerprint density at radius 2 is 2.20 bits per heavy atom. The quantitative estimate of drug-likeness (QED) is 0.470. The number of aliphatic carboxylic acids is 1. The first-order chi connectivity index (χ1) is 4.30. The summed E-state index contributed by atoms with van der Waals surface area (Å²) >= 11 is 0. The number of rotatable bonds is 1. The van der Waals surface area contributed by atoms with Gasteiger partial charge in [-0.2, -0.15) is 0 Å². The lowest BCUT2D eigenvalue weighted by Crippen LogP contribution is -2.52. The Hall–Kier alpha value is -0.320. The number of halogens is 1. The third-order valence-electron chi connectivity index (χ3n) is 1.34. The zero-order valence-electron chi connectivity index (χ0n) is 5.46. The molecule has 3 N–H and O–H groups in total. The molecule has 1 saturated heterocycles. The topological polar surface area (TPSA) is 61.4 Å². The van der Waals surface area contributed by atoms with Crippen LogP contribution < -0.4 is 10.6 Å². The van der Waals surface area contributed by atoms with Crippen LogP contribution in [0.3, 0.4) is 0 Å². The van der Waals surface area contributed by atoms with Crippen LogP contribution in [0.5, 0.6) is 0 Å². The van der Waals surface area contributed by atoms with E-state index in [0.717, 1.165) is 13.1 Å². The average molecular weight is 167 g/mol. The van der Waals surface area contributed by atoms with Crippen molar-refractivity contribution in [1.82, 2.24) is 10.6 Å². The van der Waals surface area contributed by atoms with Crippen LogP contribution in [0, 0.1) is 0 Å². The first-order valence-corrected chi connectivity index (χ1v) is 2.97. The molecule has 0 amide bonds. The Morgan fingerprint density at radius 3 is 2.50 bits per heavy atom. The molecule has 0 aromatic carbocycles. The van der Waals surface area contributed by atoms with Crippen molar-refractivity contribution in [2.24, 2.45) is 0 Å². The largest absolute Gasteiger partial charge is 0.480 e. The van der Waals surface area contributed by atoms with E-state index < -0.39 is 12.0 Å². The van der Waals surface area contributed by atoms with E-state index in [1.807, 2.05) is 0 Å². The summed E-state index contributed by atoms with van der Waals surface area (Å²) in [5.41, 5.74) is 0. The summed E-state index contributed by atoms with van der Waals surface area (Å²) in [5, 5.41) is 14.3. The lowest BCUT2D eigenvalue weighted by atomic mass is 10.2. The second-order valence-electron chi connectivity index (χ2n) is 2.05. The maximum atomic E-state index is 10.3. The molecule has 1 atom stereocenters. The normalized spacial score (nSPS) is 25.0. The highest BCUT2D eigenvalue weighted by Gasteiger charge is 2.18. The highest BCUT2D eigenvalue weighted by Crippen LogP contribution is 1.84. The Labute approximate surface area is 65.4 Å². The molecule has 0 aliphatic carbocycles. The summed E-state index contributed by atoms with van der Waals surface area (Å²) in [6, 6.07) is -0.390. The maximum Gasteiger partial charge on any atom is 0.322 e. The van der Waals surface area contributed by atoms with Gasteiger partial charge < -0.3 is 15.7 Å². The van der Waals surface area contributed by atoms with Crippen molar-refractivity contribution in [3.05, 3.63) is 0 Å². The fourth-order valence-corrected chi connectivity index (χ4v) is 0.828. The van der Waals surface area contributed by atoms with Gasteiger partial charge in [0.1, 0.15) is 6.04 Å². The van der Waals surface area contributed by atoms with Gasteiger partial charge in [-0.1, -0.05) is 0 Å².